The fourth-order valence-electron chi connectivity index (χ4n) is 6.91. The zero-order valence-electron chi connectivity index (χ0n) is 28.9. The van der Waals surface area contributed by atoms with Crippen LogP contribution in [0, 0.1) is 30.6 Å². The lowest BCUT2D eigenvalue weighted by molar-refractivity contribution is -0.107. The van der Waals surface area contributed by atoms with E-state index in [-0.39, 0.29) is 12.0 Å². The summed E-state index contributed by atoms with van der Waals surface area (Å²) in [7, 11) is 1.86. The molecular weight excluding hydrogens is 593 g/mol. The summed E-state index contributed by atoms with van der Waals surface area (Å²) >= 11 is 1.36. The molecule has 5 rings (SSSR count). The van der Waals surface area contributed by atoms with Crippen molar-refractivity contribution in [1.29, 1.82) is 0 Å². The van der Waals surface area contributed by atoms with Gasteiger partial charge in [0.15, 0.2) is 0 Å². The van der Waals surface area contributed by atoms with Crippen molar-refractivity contribution in [2.24, 2.45) is 23.7 Å². The summed E-state index contributed by atoms with van der Waals surface area (Å²) in [6.07, 6.45) is 13.8. The van der Waals surface area contributed by atoms with Crippen molar-refractivity contribution in [3.05, 3.63) is 64.7 Å². The number of nitrogens with one attached hydrogen (secondary N) is 1. The minimum atomic E-state index is 0.134. The van der Waals surface area contributed by atoms with Crippen molar-refractivity contribution < 1.29 is 19.0 Å². The fraction of sp³-hybridized carbons (Fsp3) is 0.615. The highest BCUT2D eigenvalue weighted by Crippen LogP contribution is 2.44. The van der Waals surface area contributed by atoms with E-state index in [1.165, 1.54) is 41.5 Å². The Morgan fingerprint density at radius 1 is 1.11 bits per heavy atom. The molecule has 1 heterocycles. The summed E-state index contributed by atoms with van der Waals surface area (Å²) in [6, 6.07) is 11.3. The lowest BCUT2D eigenvalue weighted by atomic mass is 9.70. The van der Waals surface area contributed by atoms with Crippen LogP contribution in [-0.4, -0.2) is 45.4 Å². The van der Waals surface area contributed by atoms with Crippen LogP contribution in [0.15, 0.2) is 47.4 Å². The molecule has 1 aliphatic heterocycles. The molecule has 2 aromatic carbocycles. The molecule has 3 aliphatic rings. The summed E-state index contributed by atoms with van der Waals surface area (Å²) in [6.45, 7) is 14.4. The highest BCUT2D eigenvalue weighted by molar-refractivity contribution is 7.98. The lowest BCUT2D eigenvalue weighted by Crippen LogP contribution is -2.44. The number of fused-ring (bicyclic) bond motifs is 1. The number of rotatable bonds is 17. The molecule has 46 heavy (non-hydrogen) atoms. The highest BCUT2D eigenvalue weighted by Gasteiger charge is 2.39. The molecule has 7 heteroatoms. The zero-order valence-corrected chi connectivity index (χ0v) is 29.7. The Labute approximate surface area is 282 Å². The van der Waals surface area contributed by atoms with Crippen molar-refractivity contribution >= 4 is 24.0 Å². The van der Waals surface area contributed by atoms with E-state index in [0.717, 1.165) is 73.5 Å². The Kier molecular flexibility index (Phi) is 12.5. The van der Waals surface area contributed by atoms with Gasteiger partial charge in [0, 0.05) is 31.0 Å². The number of hydrogen-bond donors (Lipinski definition) is 1. The number of nitrogens with zero attached hydrogens (tertiary/aromatic N) is 1. The summed E-state index contributed by atoms with van der Waals surface area (Å²) in [4.78, 5) is 14.9. The molecule has 0 spiro atoms. The number of methoxy groups -OCH3 is 1. The van der Waals surface area contributed by atoms with Gasteiger partial charge in [0.2, 0.25) is 6.41 Å². The van der Waals surface area contributed by atoms with Crippen molar-refractivity contribution in [2.45, 2.75) is 109 Å². The molecule has 252 valence electrons. The van der Waals surface area contributed by atoms with Crippen molar-refractivity contribution in [2.75, 3.05) is 31.7 Å². The number of hydrogen-bond acceptors (Lipinski definition) is 6. The van der Waals surface area contributed by atoms with E-state index >= 15 is 0 Å². The number of benzene rings is 2. The number of amides is 1. The molecule has 2 aliphatic carbocycles. The van der Waals surface area contributed by atoms with Gasteiger partial charge in [-0.1, -0.05) is 70.0 Å². The van der Waals surface area contributed by atoms with Crippen LogP contribution in [0.2, 0.25) is 0 Å². The third kappa shape index (κ3) is 8.90. The summed E-state index contributed by atoms with van der Waals surface area (Å²) < 4.78 is 21.8. The van der Waals surface area contributed by atoms with E-state index in [1.807, 2.05) is 7.11 Å². The number of carbonyl (C=O) groups is 1. The molecule has 6 nitrogen and oxygen atoms in total. The molecule has 2 saturated carbocycles. The van der Waals surface area contributed by atoms with Gasteiger partial charge in [0.05, 0.1) is 31.1 Å². The number of aryl methyl sites for hydroxylation is 2. The Hall–Kier alpha value is -2.48. The van der Waals surface area contributed by atoms with Crippen molar-refractivity contribution in [1.82, 2.24) is 4.72 Å². The van der Waals surface area contributed by atoms with Crippen molar-refractivity contribution in [3.63, 3.8) is 0 Å². The molecule has 0 aromatic heterocycles. The largest absolute Gasteiger partial charge is 0.491 e. The van der Waals surface area contributed by atoms with Gasteiger partial charge in [0.25, 0.3) is 0 Å². The maximum atomic E-state index is 11.3. The monoisotopic (exact) mass is 648 g/mol. The molecule has 1 amide bonds. The van der Waals surface area contributed by atoms with Gasteiger partial charge in [-0.2, -0.15) is 0 Å². The molecule has 0 saturated heterocycles. The van der Waals surface area contributed by atoms with Gasteiger partial charge in [-0.15, -0.1) is 0 Å². The smallest absolute Gasteiger partial charge is 0.217 e. The second-order valence-electron chi connectivity index (χ2n) is 14.2. The van der Waals surface area contributed by atoms with E-state index in [4.69, 9.17) is 14.2 Å². The van der Waals surface area contributed by atoms with Crippen LogP contribution >= 0.6 is 11.9 Å². The number of anilines is 1. The van der Waals surface area contributed by atoms with Gasteiger partial charge < -0.3 is 19.1 Å². The van der Waals surface area contributed by atoms with Crippen LogP contribution in [-0.2, 0) is 27.3 Å². The van der Waals surface area contributed by atoms with Crippen LogP contribution in [0.5, 0.6) is 5.75 Å². The predicted molar refractivity (Wildman–Crippen MR) is 190 cm³/mol. The second kappa shape index (κ2) is 16.6. The minimum absolute atomic E-state index is 0.134. The van der Waals surface area contributed by atoms with E-state index in [2.05, 4.69) is 86.7 Å². The van der Waals surface area contributed by atoms with E-state index < -0.39 is 0 Å². The third-order valence-corrected chi connectivity index (χ3v) is 11.2. The van der Waals surface area contributed by atoms with Crippen LogP contribution in [0.25, 0.3) is 0 Å². The van der Waals surface area contributed by atoms with E-state index in [9.17, 15) is 4.79 Å². The average Bonchev–Trinajstić information content (AvgIpc) is 3.88. The molecule has 0 radical (unpaired) electrons. The van der Waals surface area contributed by atoms with Gasteiger partial charge in [-0.3, -0.25) is 9.52 Å². The first-order chi connectivity index (χ1) is 22.3. The minimum Gasteiger partial charge on any atom is -0.491 e. The van der Waals surface area contributed by atoms with Crippen LogP contribution < -0.4 is 14.4 Å². The second-order valence-corrected chi connectivity index (χ2v) is 15.1. The topological polar surface area (TPSA) is 60.0 Å². The molecule has 2 aromatic rings. The third-order valence-electron chi connectivity index (χ3n) is 10.4. The number of carbonyl (C=O) groups excluding carboxylic acids is 1. The van der Waals surface area contributed by atoms with Crippen molar-refractivity contribution in [3.8, 4) is 5.75 Å². The maximum absolute atomic E-state index is 11.3. The Balaban J connectivity index is 1.44. The number of ether oxygens (including phenoxy) is 3. The lowest BCUT2D eigenvalue weighted by Gasteiger charge is -2.43. The quantitative estimate of drug-likeness (QED) is 0.105. The first-order valence-corrected chi connectivity index (χ1v) is 18.4. The average molecular weight is 649 g/mol. The van der Waals surface area contributed by atoms with E-state index in [0.29, 0.717) is 43.0 Å². The Morgan fingerprint density at radius 3 is 2.61 bits per heavy atom. The van der Waals surface area contributed by atoms with E-state index in [1.54, 1.807) is 0 Å². The van der Waals surface area contributed by atoms with Gasteiger partial charge >= 0.3 is 0 Å². The molecule has 0 bridgehead atoms. The zero-order chi connectivity index (χ0) is 32.6. The van der Waals surface area contributed by atoms with Gasteiger partial charge in [-0.25, -0.2) is 0 Å². The first kappa shape index (κ1) is 34.8. The first-order valence-electron chi connectivity index (χ1n) is 17.6. The molecule has 5 unspecified atom stereocenters. The van der Waals surface area contributed by atoms with Crippen LogP contribution in [0.1, 0.15) is 94.4 Å². The normalized spacial score (nSPS) is 22.6. The van der Waals surface area contributed by atoms with Crippen LogP contribution in [0.3, 0.4) is 0 Å². The van der Waals surface area contributed by atoms with Gasteiger partial charge in [-0.05, 0) is 110 Å². The molecule has 1 N–H and O–H groups in total. The summed E-state index contributed by atoms with van der Waals surface area (Å²) in [5.74, 6) is 3.53. The SMILES string of the molecule is CCCc1cc(C)ccc1C1COc2cc(COC3CC3)c(SNC=O)cc2N(CC2CCC2C(/C=C/CC(C)C(C)C)OC)C1. The Morgan fingerprint density at radius 2 is 1.93 bits per heavy atom. The molecule has 2 fully saturated rings. The summed E-state index contributed by atoms with van der Waals surface area (Å²) in [5.41, 5.74) is 6.32. The molecular formula is C39H56N2O4S. The fourth-order valence-corrected chi connectivity index (χ4v) is 7.51. The summed E-state index contributed by atoms with van der Waals surface area (Å²) in [5, 5.41) is 0. The maximum Gasteiger partial charge on any atom is 0.217 e. The Bertz CT molecular complexity index is 1330. The molecule has 5 atom stereocenters. The van der Waals surface area contributed by atoms with Crippen LogP contribution in [0.4, 0.5) is 5.69 Å². The highest BCUT2D eigenvalue weighted by atomic mass is 32.2. The van der Waals surface area contributed by atoms with Gasteiger partial charge in [0.1, 0.15) is 5.75 Å². The predicted octanol–water partition coefficient (Wildman–Crippen LogP) is 8.64. The standard InChI is InChI=1S/C39H56N2O4S/c1-7-9-29-18-27(4)12-16-34(29)32-22-41(21-30-13-17-35(30)37(43-6)11-8-10-28(5)26(2)3)36-20-39(46-40-25-42)31(19-38(36)45-24-32)23-44-33-14-15-33/h8,11-12,16,18-20,25-26,28,30,32-33,35,37H,7,9-10,13-15,17,21-24H2,1-6H3,(H,40,42)/b11-8+. The number of allylic oxidation sites excluding steroid dienone is 1.